The van der Waals surface area contributed by atoms with Crippen LogP contribution in [-0.4, -0.2) is 17.0 Å². The summed E-state index contributed by atoms with van der Waals surface area (Å²) in [5.41, 5.74) is 9.26. The highest BCUT2D eigenvalue weighted by molar-refractivity contribution is 7.14. The van der Waals surface area contributed by atoms with E-state index in [0.29, 0.717) is 5.96 Å². The second kappa shape index (κ2) is 7.07. The SMILES string of the molecule is Cc1ccccc1-c1csc(NC(N)=NC2C=CC=CC=C2)n1. The molecular formula is C18H18N4S. The van der Waals surface area contributed by atoms with Gasteiger partial charge in [0, 0.05) is 10.9 Å². The van der Waals surface area contributed by atoms with Gasteiger partial charge in [0.1, 0.15) is 0 Å². The lowest BCUT2D eigenvalue weighted by atomic mass is 10.1. The summed E-state index contributed by atoms with van der Waals surface area (Å²) < 4.78 is 0. The molecule has 0 fully saturated rings. The molecule has 0 bridgehead atoms. The molecule has 23 heavy (non-hydrogen) atoms. The molecule has 116 valence electrons. The van der Waals surface area contributed by atoms with E-state index in [9.17, 15) is 0 Å². The standard InChI is InChI=1S/C18H18N4S/c1-13-8-6-7-11-15(13)16-12-23-18(21-16)22-17(19)20-14-9-4-2-3-5-10-14/h2-12,14H,1H3,(H3,19,20,21,22). The average molecular weight is 322 g/mol. The van der Waals surface area contributed by atoms with Crippen LogP contribution in [0.2, 0.25) is 0 Å². The van der Waals surface area contributed by atoms with Crippen molar-refractivity contribution in [2.24, 2.45) is 10.7 Å². The fourth-order valence-electron chi connectivity index (χ4n) is 2.25. The van der Waals surface area contributed by atoms with Gasteiger partial charge in [-0.3, -0.25) is 0 Å². The van der Waals surface area contributed by atoms with E-state index in [1.54, 1.807) is 0 Å². The van der Waals surface area contributed by atoms with Crippen LogP contribution in [0.3, 0.4) is 0 Å². The molecule has 0 amide bonds. The van der Waals surface area contributed by atoms with Gasteiger partial charge in [-0.25, -0.2) is 9.98 Å². The summed E-state index contributed by atoms with van der Waals surface area (Å²) in [6.45, 7) is 2.08. The Morgan fingerprint density at radius 1 is 1.17 bits per heavy atom. The van der Waals surface area contributed by atoms with Crippen molar-refractivity contribution < 1.29 is 0 Å². The second-order valence-corrected chi connectivity index (χ2v) is 6.00. The van der Waals surface area contributed by atoms with Crippen LogP contribution in [0, 0.1) is 6.92 Å². The minimum atomic E-state index is -0.0618. The number of nitrogens with two attached hydrogens (primary N) is 1. The Hall–Kier alpha value is -2.66. The monoisotopic (exact) mass is 322 g/mol. The molecule has 1 heterocycles. The quantitative estimate of drug-likeness (QED) is 0.665. The number of aromatic nitrogens is 1. The van der Waals surface area contributed by atoms with Crippen molar-refractivity contribution in [3.05, 3.63) is 71.7 Å². The highest BCUT2D eigenvalue weighted by Gasteiger charge is 2.08. The number of anilines is 1. The molecule has 2 aromatic rings. The van der Waals surface area contributed by atoms with E-state index in [-0.39, 0.29) is 6.04 Å². The Morgan fingerprint density at radius 2 is 1.91 bits per heavy atom. The first kappa shape index (κ1) is 15.2. The number of nitrogens with one attached hydrogen (secondary N) is 1. The maximum atomic E-state index is 5.98. The number of hydrogen-bond donors (Lipinski definition) is 2. The molecule has 0 aliphatic heterocycles. The number of guanidine groups is 1. The molecule has 0 saturated carbocycles. The lowest BCUT2D eigenvalue weighted by Gasteiger charge is -2.05. The lowest BCUT2D eigenvalue weighted by Crippen LogP contribution is -2.24. The third-order valence-corrected chi connectivity index (χ3v) is 4.16. The summed E-state index contributed by atoms with van der Waals surface area (Å²) in [6.07, 6.45) is 11.8. The van der Waals surface area contributed by atoms with E-state index in [1.807, 2.05) is 54.0 Å². The van der Waals surface area contributed by atoms with Crippen molar-refractivity contribution in [1.82, 2.24) is 4.98 Å². The van der Waals surface area contributed by atoms with Crippen LogP contribution in [0.5, 0.6) is 0 Å². The molecule has 0 saturated heterocycles. The number of rotatable bonds is 3. The van der Waals surface area contributed by atoms with Crippen molar-refractivity contribution in [2.45, 2.75) is 13.0 Å². The zero-order chi connectivity index (χ0) is 16.1. The Balaban J connectivity index is 1.73. The van der Waals surface area contributed by atoms with Crippen molar-refractivity contribution in [2.75, 3.05) is 5.32 Å². The molecule has 1 aromatic heterocycles. The number of aryl methyl sites for hydroxylation is 1. The summed E-state index contributed by atoms with van der Waals surface area (Å²) in [6, 6.07) is 8.13. The molecular weight excluding hydrogens is 304 g/mol. The summed E-state index contributed by atoms with van der Waals surface area (Å²) in [5, 5.41) is 5.83. The Labute approximate surface area is 139 Å². The highest BCUT2D eigenvalue weighted by atomic mass is 32.1. The van der Waals surface area contributed by atoms with E-state index < -0.39 is 0 Å². The van der Waals surface area contributed by atoms with E-state index in [4.69, 9.17) is 5.73 Å². The lowest BCUT2D eigenvalue weighted by molar-refractivity contribution is 1.02. The van der Waals surface area contributed by atoms with Gasteiger partial charge in [0.05, 0.1) is 11.7 Å². The first-order valence-corrected chi connectivity index (χ1v) is 8.24. The molecule has 0 unspecified atom stereocenters. The summed E-state index contributed by atoms with van der Waals surface area (Å²) in [5.74, 6) is 0.358. The van der Waals surface area contributed by atoms with Crippen LogP contribution in [0.1, 0.15) is 5.56 Å². The van der Waals surface area contributed by atoms with Gasteiger partial charge in [-0.2, -0.15) is 0 Å². The summed E-state index contributed by atoms with van der Waals surface area (Å²) in [7, 11) is 0. The van der Waals surface area contributed by atoms with Crippen molar-refractivity contribution >= 4 is 22.4 Å². The molecule has 0 radical (unpaired) electrons. The van der Waals surface area contributed by atoms with Gasteiger partial charge in [0.15, 0.2) is 11.1 Å². The topological polar surface area (TPSA) is 63.3 Å². The molecule has 3 rings (SSSR count). The van der Waals surface area contributed by atoms with Crippen molar-refractivity contribution in [1.29, 1.82) is 0 Å². The van der Waals surface area contributed by atoms with Gasteiger partial charge in [0.2, 0.25) is 0 Å². The number of nitrogens with zero attached hydrogens (tertiary/aromatic N) is 2. The third-order valence-electron chi connectivity index (χ3n) is 3.40. The van der Waals surface area contributed by atoms with Crippen LogP contribution in [0.4, 0.5) is 5.13 Å². The smallest absolute Gasteiger partial charge is 0.195 e. The number of aliphatic imine (C=N–C) groups is 1. The molecule has 3 N–H and O–H groups in total. The fourth-order valence-corrected chi connectivity index (χ4v) is 2.97. The van der Waals surface area contributed by atoms with Crippen molar-refractivity contribution in [3.63, 3.8) is 0 Å². The van der Waals surface area contributed by atoms with Crippen LogP contribution in [0.25, 0.3) is 11.3 Å². The summed E-state index contributed by atoms with van der Waals surface area (Å²) >= 11 is 1.52. The third kappa shape index (κ3) is 3.96. The first-order valence-electron chi connectivity index (χ1n) is 7.36. The van der Waals surface area contributed by atoms with E-state index in [0.717, 1.165) is 16.4 Å². The molecule has 5 heteroatoms. The van der Waals surface area contributed by atoms with E-state index >= 15 is 0 Å². The van der Waals surface area contributed by atoms with Gasteiger partial charge < -0.3 is 11.1 Å². The first-order chi connectivity index (χ1) is 11.2. The van der Waals surface area contributed by atoms with Crippen LogP contribution in [0.15, 0.2) is 71.1 Å². The molecule has 4 nitrogen and oxygen atoms in total. The van der Waals surface area contributed by atoms with Crippen LogP contribution >= 0.6 is 11.3 Å². The normalized spacial score (nSPS) is 14.9. The second-order valence-electron chi connectivity index (χ2n) is 5.14. The minimum absolute atomic E-state index is 0.0618. The Morgan fingerprint density at radius 3 is 2.65 bits per heavy atom. The zero-order valence-electron chi connectivity index (χ0n) is 12.8. The fraction of sp³-hybridized carbons (Fsp3) is 0.111. The largest absolute Gasteiger partial charge is 0.370 e. The molecule has 1 aromatic carbocycles. The van der Waals surface area contributed by atoms with Gasteiger partial charge in [-0.05, 0) is 12.5 Å². The van der Waals surface area contributed by atoms with Gasteiger partial charge in [0.25, 0.3) is 0 Å². The number of hydrogen-bond acceptors (Lipinski definition) is 3. The maximum Gasteiger partial charge on any atom is 0.195 e. The van der Waals surface area contributed by atoms with Crippen molar-refractivity contribution in [3.8, 4) is 11.3 Å². The van der Waals surface area contributed by atoms with Crippen LogP contribution in [-0.2, 0) is 0 Å². The molecule has 1 aliphatic rings. The minimum Gasteiger partial charge on any atom is -0.370 e. The maximum absolute atomic E-state index is 5.98. The summed E-state index contributed by atoms with van der Waals surface area (Å²) in [4.78, 5) is 9.02. The molecule has 0 spiro atoms. The van der Waals surface area contributed by atoms with Gasteiger partial charge in [-0.1, -0.05) is 60.7 Å². The average Bonchev–Trinajstić information content (AvgIpc) is 2.83. The Kier molecular flexibility index (Phi) is 4.68. The molecule has 0 atom stereocenters. The predicted molar refractivity (Wildman–Crippen MR) is 98.7 cm³/mol. The zero-order valence-corrected chi connectivity index (χ0v) is 13.6. The highest BCUT2D eigenvalue weighted by Crippen LogP contribution is 2.27. The predicted octanol–water partition coefficient (Wildman–Crippen LogP) is 3.90. The number of thiazole rings is 1. The van der Waals surface area contributed by atoms with Gasteiger partial charge in [-0.15, -0.1) is 11.3 Å². The number of allylic oxidation sites excluding steroid dienone is 4. The van der Waals surface area contributed by atoms with Gasteiger partial charge >= 0.3 is 0 Å². The number of benzene rings is 1. The van der Waals surface area contributed by atoms with E-state index in [1.165, 1.54) is 16.9 Å². The Bertz CT molecular complexity index is 783. The van der Waals surface area contributed by atoms with Crippen LogP contribution < -0.4 is 11.1 Å². The molecule has 1 aliphatic carbocycles. The van der Waals surface area contributed by atoms with E-state index in [2.05, 4.69) is 34.3 Å².